The number of unbranched alkanes of at least 4 members (excludes halogenated alkanes) is 3. The van der Waals surface area contributed by atoms with Crippen LogP contribution < -0.4 is 10.6 Å². The molecule has 0 unspecified atom stereocenters. The molecule has 0 aliphatic rings. The molecule has 4 N–H and O–H groups in total. The third-order valence-electron chi connectivity index (χ3n) is 5.75. The number of carbonyl (C=O) groups is 3. The molecule has 0 aliphatic carbocycles. The number of para-hydroxylation sites is 1. The van der Waals surface area contributed by atoms with E-state index in [0.717, 1.165) is 35.5 Å². The number of nitrogens with zero attached hydrogens (tertiary/aromatic N) is 3. The minimum absolute atomic E-state index is 0.110. The Morgan fingerprint density at radius 2 is 1.78 bits per heavy atom. The number of aromatic nitrogens is 5. The maximum absolute atomic E-state index is 13.1. The number of rotatable bonds is 11. The van der Waals surface area contributed by atoms with Gasteiger partial charge < -0.3 is 20.4 Å². The van der Waals surface area contributed by atoms with Crippen LogP contribution in [0.2, 0.25) is 0 Å². The van der Waals surface area contributed by atoms with Crippen LogP contribution >= 0.6 is 15.9 Å². The number of amides is 2. The summed E-state index contributed by atoms with van der Waals surface area (Å²) in [6, 6.07) is 12.5. The van der Waals surface area contributed by atoms with Crippen molar-refractivity contribution >= 4 is 56.0 Å². The number of hydrogen-bond acceptors (Lipinski definition) is 7. The molecule has 11 nitrogen and oxygen atoms in total. The number of carbonyl (C=O) groups excluding carboxylic acids is 3. The predicted octanol–water partition coefficient (Wildman–Crippen LogP) is 4.81. The van der Waals surface area contributed by atoms with Crippen molar-refractivity contribution < 1.29 is 19.1 Å². The van der Waals surface area contributed by atoms with E-state index in [1.807, 2.05) is 12.1 Å². The van der Waals surface area contributed by atoms with E-state index in [9.17, 15) is 14.4 Å². The number of benzene rings is 2. The van der Waals surface area contributed by atoms with E-state index < -0.39 is 0 Å². The first kappa shape index (κ1) is 26.0. The fourth-order valence-electron chi connectivity index (χ4n) is 3.88. The van der Waals surface area contributed by atoms with Crippen molar-refractivity contribution in [1.29, 1.82) is 0 Å². The molecule has 0 spiro atoms. The van der Waals surface area contributed by atoms with Gasteiger partial charge >= 0.3 is 5.97 Å². The molecule has 0 aliphatic heterocycles. The van der Waals surface area contributed by atoms with Crippen molar-refractivity contribution in [3.05, 3.63) is 52.6 Å². The molecule has 2 amide bonds. The summed E-state index contributed by atoms with van der Waals surface area (Å²) in [6.45, 7) is 0. The largest absolute Gasteiger partial charge is 0.469 e. The number of ether oxygens (including phenoxy) is 1. The van der Waals surface area contributed by atoms with E-state index in [0.29, 0.717) is 46.8 Å². The average molecular weight is 568 g/mol. The molecule has 2 aromatic heterocycles. The van der Waals surface area contributed by atoms with Gasteiger partial charge in [0, 0.05) is 28.3 Å². The first-order chi connectivity index (χ1) is 17.9. The Bertz CT molecular complexity index is 1400. The van der Waals surface area contributed by atoms with E-state index in [-0.39, 0.29) is 17.8 Å². The third-order valence-corrected chi connectivity index (χ3v) is 6.25. The topological polar surface area (TPSA) is 155 Å². The highest BCUT2D eigenvalue weighted by molar-refractivity contribution is 9.10. The number of fused-ring (bicyclic) bond motifs is 1. The molecule has 4 rings (SSSR count). The summed E-state index contributed by atoms with van der Waals surface area (Å²) in [5, 5.41) is 20.6. The number of esters is 1. The lowest BCUT2D eigenvalue weighted by atomic mass is 10.1. The number of nitrogens with one attached hydrogen (secondary N) is 4. The molecule has 12 heteroatoms. The van der Waals surface area contributed by atoms with Crippen molar-refractivity contribution in [2.45, 2.75) is 38.5 Å². The molecule has 0 saturated heterocycles. The maximum atomic E-state index is 13.1. The quantitative estimate of drug-likeness (QED) is 0.149. The summed E-state index contributed by atoms with van der Waals surface area (Å²) in [7, 11) is 1.38. The van der Waals surface area contributed by atoms with Gasteiger partial charge in [0.1, 0.15) is 5.69 Å². The minimum atomic E-state index is -0.354. The van der Waals surface area contributed by atoms with E-state index in [1.54, 1.807) is 30.3 Å². The molecule has 4 aromatic rings. The van der Waals surface area contributed by atoms with E-state index in [2.05, 4.69) is 56.9 Å². The van der Waals surface area contributed by atoms with Crippen molar-refractivity contribution in [3.63, 3.8) is 0 Å². The molecular formula is C25H26BrN7O4. The Hall–Kier alpha value is -4.06. The van der Waals surface area contributed by atoms with Crippen LogP contribution in [0, 0.1) is 0 Å². The summed E-state index contributed by atoms with van der Waals surface area (Å²) in [5.74, 6) is -0.330. The number of hydrogen-bond donors (Lipinski definition) is 4. The smallest absolute Gasteiger partial charge is 0.305 e. The van der Waals surface area contributed by atoms with E-state index in [4.69, 9.17) is 0 Å². The Labute approximate surface area is 220 Å². The fraction of sp³-hybridized carbons (Fsp3) is 0.280. The second kappa shape index (κ2) is 12.3. The Morgan fingerprint density at radius 3 is 2.54 bits per heavy atom. The molecular weight excluding hydrogens is 542 g/mol. The standard InChI is InChI=1S/C25H26BrN7O4/c1-37-22(35)10-5-3-2-4-9-21(34)27-19-8-6-7-15-13-20(28-23(15)19)25(36)29-18-12-11-16(26)14-17(18)24-30-32-33-31-24/h6-8,11-14,28H,2-5,9-10H2,1H3,(H,27,34)(H,29,36)(H,30,31,32,33). The van der Waals surface area contributed by atoms with Crippen LogP contribution in [0.15, 0.2) is 46.9 Å². The fourth-order valence-corrected chi connectivity index (χ4v) is 4.24. The Balaban J connectivity index is 1.39. The SMILES string of the molecule is COC(=O)CCCCCCC(=O)Nc1cccc2cc(C(=O)Nc3ccc(Br)cc3-c3nn[nH]n3)[nH]c12. The molecule has 0 saturated carbocycles. The Morgan fingerprint density at radius 1 is 0.973 bits per heavy atom. The third kappa shape index (κ3) is 6.79. The van der Waals surface area contributed by atoms with E-state index >= 15 is 0 Å². The van der Waals surface area contributed by atoms with Crippen LogP contribution in [-0.2, 0) is 14.3 Å². The van der Waals surface area contributed by atoms with Gasteiger partial charge in [-0.1, -0.05) is 40.9 Å². The molecule has 0 radical (unpaired) electrons. The summed E-state index contributed by atoms with van der Waals surface area (Å²) < 4.78 is 5.43. The van der Waals surface area contributed by atoms with Gasteiger partial charge in [-0.2, -0.15) is 5.21 Å². The van der Waals surface area contributed by atoms with Gasteiger partial charge in [0.15, 0.2) is 0 Å². The molecule has 37 heavy (non-hydrogen) atoms. The van der Waals surface area contributed by atoms with Crippen LogP contribution in [0.3, 0.4) is 0 Å². The second-order valence-corrected chi connectivity index (χ2v) is 9.29. The highest BCUT2D eigenvalue weighted by atomic mass is 79.9. The van der Waals surface area contributed by atoms with Crippen LogP contribution in [0.5, 0.6) is 0 Å². The highest BCUT2D eigenvalue weighted by Crippen LogP contribution is 2.29. The van der Waals surface area contributed by atoms with Gasteiger partial charge in [0.05, 0.1) is 24.0 Å². The lowest BCUT2D eigenvalue weighted by Gasteiger charge is -2.09. The normalized spacial score (nSPS) is 10.9. The number of H-pyrrole nitrogens is 2. The molecule has 0 fully saturated rings. The van der Waals surface area contributed by atoms with Crippen LogP contribution in [-0.4, -0.2) is 50.5 Å². The number of aromatic amines is 2. The van der Waals surface area contributed by atoms with Crippen molar-refractivity contribution in [2.24, 2.45) is 0 Å². The number of tetrazole rings is 1. The zero-order chi connectivity index (χ0) is 26.2. The van der Waals surface area contributed by atoms with Crippen molar-refractivity contribution in [1.82, 2.24) is 25.6 Å². The minimum Gasteiger partial charge on any atom is -0.469 e. The van der Waals surface area contributed by atoms with E-state index in [1.165, 1.54) is 7.11 Å². The predicted molar refractivity (Wildman–Crippen MR) is 142 cm³/mol. The molecule has 2 aromatic carbocycles. The number of halogens is 1. The van der Waals surface area contributed by atoms with Crippen molar-refractivity contribution in [2.75, 3.05) is 17.7 Å². The van der Waals surface area contributed by atoms with Gasteiger partial charge in [0.25, 0.3) is 5.91 Å². The second-order valence-electron chi connectivity index (χ2n) is 8.37. The van der Waals surface area contributed by atoms with Crippen LogP contribution in [0.25, 0.3) is 22.3 Å². The van der Waals surface area contributed by atoms with Crippen LogP contribution in [0.1, 0.15) is 49.0 Å². The van der Waals surface area contributed by atoms with Gasteiger partial charge in [0.2, 0.25) is 11.7 Å². The van der Waals surface area contributed by atoms with Gasteiger partial charge in [-0.25, -0.2) is 0 Å². The number of anilines is 2. The molecule has 0 atom stereocenters. The zero-order valence-electron chi connectivity index (χ0n) is 20.1. The lowest BCUT2D eigenvalue weighted by Crippen LogP contribution is -2.13. The monoisotopic (exact) mass is 567 g/mol. The van der Waals surface area contributed by atoms with Crippen molar-refractivity contribution in [3.8, 4) is 11.4 Å². The van der Waals surface area contributed by atoms with Gasteiger partial charge in [-0.05, 0) is 48.4 Å². The Kier molecular flexibility index (Phi) is 8.62. The summed E-state index contributed by atoms with van der Waals surface area (Å²) in [5.41, 5.74) is 2.72. The molecule has 0 bridgehead atoms. The van der Waals surface area contributed by atoms with Gasteiger partial charge in [-0.15, -0.1) is 10.2 Å². The first-order valence-corrected chi connectivity index (χ1v) is 12.6. The maximum Gasteiger partial charge on any atom is 0.305 e. The van der Waals surface area contributed by atoms with Crippen LogP contribution in [0.4, 0.5) is 11.4 Å². The number of methoxy groups -OCH3 is 1. The summed E-state index contributed by atoms with van der Waals surface area (Å²) in [4.78, 5) is 39.9. The molecule has 2 heterocycles. The average Bonchev–Trinajstić information content (AvgIpc) is 3.58. The first-order valence-electron chi connectivity index (χ1n) is 11.8. The summed E-state index contributed by atoms with van der Waals surface area (Å²) in [6.07, 6.45) is 3.94. The van der Waals surface area contributed by atoms with Gasteiger partial charge in [-0.3, -0.25) is 14.4 Å². The summed E-state index contributed by atoms with van der Waals surface area (Å²) >= 11 is 3.42. The zero-order valence-corrected chi connectivity index (χ0v) is 21.7. The lowest BCUT2D eigenvalue weighted by molar-refractivity contribution is -0.140. The molecule has 192 valence electrons. The highest BCUT2D eigenvalue weighted by Gasteiger charge is 2.17.